The van der Waals surface area contributed by atoms with Crippen molar-refractivity contribution >= 4 is 27.4 Å². The lowest BCUT2D eigenvalue weighted by atomic mass is 10.1. The third-order valence-corrected chi connectivity index (χ3v) is 4.47. The summed E-state index contributed by atoms with van der Waals surface area (Å²) in [7, 11) is -9.02. The second-order valence-corrected chi connectivity index (χ2v) is 8.94. The highest BCUT2D eigenvalue weighted by atomic mass is 31.2. The molecule has 0 aliphatic heterocycles. The summed E-state index contributed by atoms with van der Waals surface area (Å²) < 4.78 is 45.5. The molecular weight excluding hydrogens is 438 g/mol. The van der Waals surface area contributed by atoms with Crippen LogP contribution in [0.4, 0.5) is 0 Å². The molecule has 1 unspecified atom stereocenters. The zero-order chi connectivity index (χ0) is 22.6. The number of carbonyl (C=O) groups is 2. The van der Waals surface area contributed by atoms with Gasteiger partial charge in [-0.05, 0) is 13.3 Å². The fourth-order valence-corrected chi connectivity index (χ4v) is 2.46. The molecule has 13 nitrogen and oxygen atoms in total. The number of ether oxygens (including phenoxy) is 4. The Hall–Kier alpha value is -0.880. The minimum Gasteiger partial charge on any atom is -0.463 e. The standard InChI is InChI=1S/C14H28O13P2/c1-3-14(2,11-24-7-9-26-29(20,21)22)27-12(15)4-5-23-6-8-25-13(16)10-28(17,18)19/h3-11H2,1-2H3,(H2,17,18,19)(H2,20,21,22). The first-order chi connectivity index (χ1) is 13.3. The second-order valence-electron chi connectivity index (χ2n) is 6.06. The van der Waals surface area contributed by atoms with E-state index in [2.05, 4.69) is 9.26 Å². The monoisotopic (exact) mass is 466 g/mol. The van der Waals surface area contributed by atoms with Gasteiger partial charge < -0.3 is 38.5 Å². The summed E-state index contributed by atoms with van der Waals surface area (Å²) in [4.78, 5) is 57.2. The molecule has 0 saturated heterocycles. The summed E-state index contributed by atoms with van der Waals surface area (Å²) in [6, 6.07) is 0. The van der Waals surface area contributed by atoms with Gasteiger partial charge in [0, 0.05) is 0 Å². The summed E-state index contributed by atoms with van der Waals surface area (Å²) in [6.45, 7) is 2.69. The third-order valence-electron chi connectivity index (χ3n) is 3.28. The van der Waals surface area contributed by atoms with Crippen molar-refractivity contribution in [1.29, 1.82) is 0 Å². The highest BCUT2D eigenvalue weighted by molar-refractivity contribution is 7.52. The number of hydrogen-bond donors (Lipinski definition) is 4. The van der Waals surface area contributed by atoms with Crippen LogP contribution in [0, 0.1) is 0 Å². The summed E-state index contributed by atoms with van der Waals surface area (Å²) >= 11 is 0. The first kappa shape index (κ1) is 28.1. The van der Waals surface area contributed by atoms with Crippen molar-refractivity contribution in [2.45, 2.75) is 32.3 Å². The number of hydrogen-bond acceptors (Lipinski definition) is 9. The number of phosphoric acid groups is 1. The fourth-order valence-electron chi connectivity index (χ4n) is 1.72. The van der Waals surface area contributed by atoms with E-state index in [0.717, 1.165) is 0 Å². The van der Waals surface area contributed by atoms with Crippen LogP contribution < -0.4 is 0 Å². The molecule has 0 heterocycles. The Kier molecular flexibility index (Phi) is 13.0. The summed E-state index contributed by atoms with van der Waals surface area (Å²) in [5, 5.41) is 0. The Balaban J connectivity index is 3.95. The Bertz CT molecular complexity index is 598. The van der Waals surface area contributed by atoms with Gasteiger partial charge in [0.25, 0.3) is 0 Å². The lowest BCUT2D eigenvalue weighted by Gasteiger charge is -2.28. The third kappa shape index (κ3) is 17.7. The van der Waals surface area contributed by atoms with Crippen molar-refractivity contribution in [2.75, 3.05) is 45.8 Å². The van der Waals surface area contributed by atoms with Crippen LogP contribution in [0.5, 0.6) is 0 Å². The van der Waals surface area contributed by atoms with Crippen molar-refractivity contribution in [1.82, 2.24) is 0 Å². The second kappa shape index (κ2) is 13.4. The van der Waals surface area contributed by atoms with Gasteiger partial charge in [0.2, 0.25) is 0 Å². The van der Waals surface area contributed by atoms with Gasteiger partial charge in [0.15, 0.2) is 0 Å². The van der Waals surface area contributed by atoms with E-state index in [-0.39, 0.29) is 46.1 Å². The minimum atomic E-state index is -4.55. The van der Waals surface area contributed by atoms with E-state index in [4.69, 9.17) is 33.8 Å². The molecule has 4 N–H and O–H groups in total. The lowest BCUT2D eigenvalue weighted by molar-refractivity contribution is -0.166. The summed E-state index contributed by atoms with van der Waals surface area (Å²) in [5.41, 5.74) is -0.947. The molecule has 0 aromatic heterocycles. The maximum atomic E-state index is 11.9. The zero-order valence-corrected chi connectivity index (χ0v) is 18.0. The first-order valence-corrected chi connectivity index (χ1v) is 11.9. The number of phosphoric ester groups is 1. The predicted molar refractivity (Wildman–Crippen MR) is 96.9 cm³/mol. The molecule has 15 heteroatoms. The molecule has 0 amide bonds. The van der Waals surface area contributed by atoms with Crippen LogP contribution in [0.15, 0.2) is 0 Å². The zero-order valence-electron chi connectivity index (χ0n) is 16.2. The molecule has 0 saturated carbocycles. The SMILES string of the molecule is CCC(C)(COCCOP(=O)(O)O)OC(=O)CCOCCOC(=O)CP(=O)(O)O. The van der Waals surface area contributed by atoms with Crippen LogP contribution in [0.25, 0.3) is 0 Å². The predicted octanol–water partition coefficient (Wildman–Crippen LogP) is -0.0482. The normalized spacial score (nSPS) is 14.3. The van der Waals surface area contributed by atoms with Gasteiger partial charge >= 0.3 is 27.4 Å². The van der Waals surface area contributed by atoms with Gasteiger partial charge in [-0.25, -0.2) is 4.57 Å². The minimum absolute atomic E-state index is 0.00383. The molecule has 0 aromatic carbocycles. The average Bonchev–Trinajstić information content (AvgIpc) is 2.55. The van der Waals surface area contributed by atoms with Crippen LogP contribution >= 0.6 is 15.4 Å². The molecular formula is C14H28O13P2. The molecule has 0 aliphatic carbocycles. The molecule has 0 bridgehead atoms. The van der Waals surface area contributed by atoms with Crippen molar-refractivity contribution in [3.05, 3.63) is 0 Å². The quantitative estimate of drug-likeness (QED) is 0.134. The molecule has 172 valence electrons. The molecule has 1 atom stereocenters. The van der Waals surface area contributed by atoms with Crippen LogP contribution in [0.3, 0.4) is 0 Å². The van der Waals surface area contributed by atoms with Crippen LogP contribution in [-0.2, 0) is 42.2 Å². The number of carbonyl (C=O) groups excluding carboxylic acids is 2. The van der Waals surface area contributed by atoms with Crippen molar-refractivity contribution in [3.8, 4) is 0 Å². The van der Waals surface area contributed by atoms with E-state index < -0.39 is 39.1 Å². The van der Waals surface area contributed by atoms with E-state index in [1.54, 1.807) is 13.8 Å². The Morgan fingerprint density at radius 1 is 0.897 bits per heavy atom. The average molecular weight is 466 g/mol. The highest BCUT2D eigenvalue weighted by Gasteiger charge is 2.27. The largest absolute Gasteiger partial charge is 0.469 e. The molecule has 0 rings (SSSR count). The summed E-state index contributed by atoms with van der Waals surface area (Å²) in [6.07, 6.45) is -0.676. The van der Waals surface area contributed by atoms with E-state index in [0.29, 0.717) is 6.42 Å². The summed E-state index contributed by atoms with van der Waals surface area (Å²) in [5.74, 6) is -1.62. The lowest BCUT2D eigenvalue weighted by Crippen LogP contribution is -2.37. The van der Waals surface area contributed by atoms with E-state index in [1.165, 1.54) is 0 Å². The van der Waals surface area contributed by atoms with Crippen LogP contribution in [0.2, 0.25) is 0 Å². The molecule has 0 spiro atoms. The number of esters is 2. The molecule has 0 fully saturated rings. The smallest absolute Gasteiger partial charge is 0.463 e. The van der Waals surface area contributed by atoms with Crippen molar-refractivity contribution in [3.63, 3.8) is 0 Å². The number of rotatable bonds is 16. The van der Waals surface area contributed by atoms with E-state index in [1.807, 2.05) is 0 Å². The van der Waals surface area contributed by atoms with Crippen molar-refractivity contribution in [2.24, 2.45) is 0 Å². The van der Waals surface area contributed by atoms with Gasteiger partial charge in [0.1, 0.15) is 18.4 Å². The maximum Gasteiger partial charge on any atom is 0.469 e. The molecule has 0 aromatic rings. The van der Waals surface area contributed by atoms with Gasteiger partial charge in [-0.1, -0.05) is 6.92 Å². The maximum absolute atomic E-state index is 11.9. The topological polar surface area (TPSA) is 195 Å². The Morgan fingerprint density at radius 2 is 1.52 bits per heavy atom. The first-order valence-electron chi connectivity index (χ1n) is 8.54. The van der Waals surface area contributed by atoms with Gasteiger partial charge in [0.05, 0.1) is 39.5 Å². The van der Waals surface area contributed by atoms with Gasteiger partial charge in [-0.3, -0.25) is 18.7 Å². The molecule has 0 aliphatic rings. The fraction of sp³-hybridized carbons (Fsp3) is 0.857. The Morgan fingerprint density at radius 3 is 2.07 bits per heavy atom. The highest BCUT2D eigenvalue weighted by Crippen LogP contribution is 2.35. The van der Waals surface area contributed by atoms with Gasteiger partial charge in [-0.2, -0.15) is 0 Å². The van der Waals surface area contributed by atoms with Crippen molar-refractivity contribution < 1.29 is 61.8 Å². The molecule has 0 radical (unpaired) electrons. The van der Waals surface area contributed by atoms with E-state index >= 15 is 0 Å². The van der Waals surface area contributed by atoms with E-state index in [9.17, 15) is 18.7 Å². The van der Waals surface area contributed by atoms with Gasteiger partial charge in [-0.15, -0.1) is 0 Å². The Labute approximate surface area is 168 Å². The molecule has 29 heavy (non-hydrogen) atoms. The van der Waals surface area contributed by atoms with Crippen LogP contribution in [0.1, 0.15) is 26.7 Å². The van der Waals surface area contributed by atoms with Crippen LogP contribution in [-0.4, -0.2) is 82.9 Å².